The highest BCUT2D eigenvalue weighted by atomic mass is 35.5. The lowest BCUT2D eigenvalue weighted by Crippen LogP contribution is -2.11. The smallest absolute Gasteiger partial charge is 0.295 e. The number of rotatable bonds is 12. The molecule has 0 saturated heterocycles. The summed E-state index contributed by atoms with van der Waals surface area (Å²) in [6.07, 6.45) is 0. The van der Waals surface area contributed by atoms with Gasteiger partial charge in [-0.2, -0.15) is 33.7 Å². The van der Waals surface area contributed by atoms with E-state index in [1.165, 1.54) is 56.7 Å². The van der Waals surface area contributed by atoms with Crippen LogP contribution in [0, 0.1) is 20.2 Å². The van der Waals surface area contributed by atoms with Crippen LogP contribution < -0.4 is 9.47 Å². The molecule has 0 amide bonds. The van der Waals surface area contributed by atoms with Gasteiger partial charge in [0.25, 0.3) is 51.8 Å². The molecule has 0 aromatic heterocycles. The van der Waals surface area contributed by atoms with Gasteiger partial charge in [0.05, 0.1) is 60.5 Å². The van der Waals surface area contributed by atoms with Crippen LogP contribution in [0.5, 0.6) is 11.5 Å². The molecule has 9 aromatic carbocycles. The topological polar surface area (TPSA) is 322 Å². The molecule has 0 unspecified atom stereocenters. The van der Waals surface area contributed by atoms with E-state index in [0.717, 1.165) is 48.5 Å². The molecule has 25 heteroatoms. The standard InChI is InChI=1S/C54H31ClN2O18S4/c1-74-28-7-3-5-24(13-28)33-21-40-37-19-30(77(65,66)67)18-36-35(37)17-31(78(68,69)70)20-39(36)50(52(33)55)49(40)42-23-41-38-15-27(10-12-45(38)75-2)46(42)51(53(41)57(60)61)43-22-34-25-9-11-32(44(16-25)56(58)59)48(43)47(54(34)79(71,72)73)26-6-4-8-29(14-26)76(62,63)64/h3-23H,1-2H3,(H,62,63,64)(H,65,66,67)(H,68,69,70)(H,71,72,73). The van der Waals surface area contributed by atoms with E-state index in [-0.39, 0.29) is 111 Å². The zero-order valence-electron chi connectivity index (χ0n) is 40.0. The van der Waals surface area contributed by atoms with Gasteiger partial charge in [-0.25, -0.2) is 0 Å². The normalized spacial score (nSPS) is 12.8. The van der Waals surface area contributed by atoms with Crippen molar-refractivity contribution in [3.8, 4) is 123 Å². The van der Waals surface area contributed by atoms with Crippen LogP contribution in [-0.2, 0) is 40.5 Å². The lowest BCUT2D eigenvalue weighted by Gasteiger charge is -2.27. The number of nitrogens with zero attached hydrogens (tertiary/aromatic N) is 2. The number of hydrogen-bond donors (Lipinski definition) is 4. The summed E-state index contributed by atoms with van der Waals surface area (Å²) in [5.74, 6) is 0.464. The Morgan fingerprint density at radius 3 is 1.62 bits per heavy atom. The SMILES string of the molecule is COc1cccc(-c2cc3c(-c4cc5c([N+](=O)[O-])c(-c6cc7c(S(=O)(=O)O)c(-c8cccc(S(=O)(=O)O)c8)c6-c6ccc-7cc6[N+](=O)[O-])c4-c4ccc(OC)c-5c4)c(c2Cl)-c2cc(S(=O)(=O)O)cc4c-3cc(S(=O)(=O)O)cc24)c1. The van der Waals surface area contributed by atoms with Crippen molar-refractivity contribution < 1.29 is 71.2 Å². The maximum absolute atomic E-state index is 14.2. The fourth-order valence-electron chi connectivity index (χ4n) is 11.2. The summed E-state index contributed by atoms with van der Waals surface area (Å²) in [6, 6.07) is 27.4. The molecule has 0 spiro atoms. The van der Waals surface area contributed by atoms with Crippen molar-refractivity contribution in [2.24, 2.45) is 0 Å². The highest BCUT2D eigenvalue weighted by molar-refractivity contribution is 7.86. The van der Waals surface area contributed by atoms with Crippen molar-refractivity contribution in [2.45, 2.75) is 19.6 Å². The summed E-state index contributed by atoms with van der Waals surface area (Å²) in [5.41, 5.74) is -3.72. The van der Waals surface area contributed by atoms with Crippen LogP contribution in [0.15, 0.2) is 147 Å². The summed E-state index contributed by atoms with van der Waals surface area (Å²) in [4.78, 5) is 22.9. The number of hydrogen-bond acceptors (Lipinski definition) is 14. The number of nitro benzene ring substituents is 2. The fourth-order valence-corrected chi connectivity index (χ4v) is 14.1. The third-order valence-electron chi connectivity index (χ3n) is 14.3. The maximum atomic E-state index is 14.2. The van der Waals surface area contributed by atoms with Crippen LogP contribution in [0.1, 0.15) is 0 Å². The van der Waals surface area contributed by atoms with Gasteiger partial charge in [-0.1, -0.05) is 48.0 Å². The van der Waals surface area contributed by atoms with Gasteiger partial charge in [-0.3, -0.25) is 38.4 Å². The molecule has 396 valence electrons. The summed E-state index contributed by atoms with van der Waals surface area (Å²) < 4.78 is 160. The quantitative estimate of drug-likeness (QED) is 0.0501. The van der Waals surface area contributed by atoms with Gasteiger partial charge in [-0.15, -0.1) is 0 Å². The first-order valence-corrected chi connectivity index (χ1v) is 29.0. The lowest BCUT2D eigenvalue weighted by molar-refractivity contribution is -0.384. The van der Waals surface area contributed by atoms with Crippen molar-refractivity contribution >= 4 is 74.2 Å². The number of ether oxygens (including phenoxy) is 2. The summed E-state index contributed by atoms with van der Waals surface area (Å²) in [5, 5.41) is 27.3. The van der Waals surface area contributed by atoms with Gasteiger partial charge < -0.3 is 9.47 Å². The van der Waals surface area contributed by atoms with Gasteiger partial charge in [0.2, 0.25) is 0 Å². The monoisotopic (exact) mass is 1160 g/mol. The van der Waals surface area contributed by atoms with E-state index in [4.69, 9.17) is 21.1 Å². The summed E-state index contributed by atoms with van der Waals surface area (Å²) in [6.45, 7) is 0. The van der Waals surface area contributed by atoms with Crippen LogP contribution in [0.2, 0.25) is 5.02 Å². The van der Waals surface area contributed by atoms with Crippen molar-refractivity contribution in [1.29, 1.82) is 0 Å². The van der Waals surface area contributed by atoms with Crippen molar-refractivity contribution in [3.63, 3.8) is 0 Å². The zero-order chi connectivity index (χ0) is 56.3. The van der Waals surface area contributed by atoms with E-state index < -0.39 is 98.0 Å². The predicted molar refractivity (Wildman–Crippen MR) is 290 cm³/mol. The summed E-state index contributed by atoms with van der Waals surface area (Å²) in [7, 11) is -18.0. The molecule has 20 nitrogen and oxygen atoms in total. The van der Waals surface area contributed by atoms with E-state index in [9.17, 15) is 72.1 Å². The van der Waals surface area contributed by atoms with E-state index >= 15 is 0 Å². The molecule has 0 fully saturated rings. The Morgan fingerprint density at radius 1 is 0.418 bits per heavy atom. The third kappa shape index (κ3) is 7.82. The van der Waals surface area contributed by atoms with Crippen LogP contribution in [0.25, 0.3) is 122 Å². The second-order valence-corrected chi connectivity index (χ2v) is 24.5. The average molecular weight is 1160 g/mol. The Kier molecular flexibility index (Phi) is 11.2. The van der Waals surface area contributed by atoms with Crippen LogP contribution >= 0.6 is 11.6 Å². The molecule has 0 heterocycles. The number of benzene rings is 9. The van der Waals surface area contributed by atoms with Crippen molar-refractivity contribution in [1.82, 2.24) is 0 Å². The minimum absolute atomic E-state index is 0.00134. The molecule has 0 radical (unpaired) electrons. The summed E-state index contributed by atoms with van der Waals surface area (Å²) >= 11 is 7.69. The van der Waals surface area contributed by atoms with Gasteiger partial charge in [0.15, 0.2) is 0 Å². The lowest BCUT2D eigenvalue weighted by atomic mass is 9.76. The third-order valence-corrected chi connectivity index (χ3v) is 18.2. The van der Waals surface area contributed by atoms with E-state index in [0.29, 0.717) is 11.3 Å². The first kappa shape index (κ1) is 51.3. The van der Waals surface area contributed by atoms with Gasteiger partial charge in [0.1, 0.15) is 16.4 Å². The number of methoxy groups -OCH3 is 2. The van der Waals surface area contributed by atoms with Crippen LogP contribution in [-0.4, -0.2) is 75.9 Å². The molecule has 16 rings (SSSR count). The molecular formula is C54H31ClN2O18S4. The maximum Gasteiger partial charge on any atom is 0.295 e. The van der Waals surface area contributed by atoms with E-state index in [1.54, 1.807) is 36.4 Å². The molecule has 7 aliphatic carbocycles. The van der Waals surface area contributed by atoms with Gasteiger partial charge >= 0.3 is 0 Å². The predicted octanol–water partition coefficient (Wildman–Crippen LogP) is 11.9. The Labute approximate surface area is 452 Å². The van der Waals surface area contributed by atoms with Crippen molar-refractivity contribution in [2.75, 3.05) is 14.2 Å². The Hall–Kier alpha value is -8.43. The molecule has 14 bridgehead atoms. The highest BCUT2D eigenvalue weighted by Gasteiger charge is 2.42. The number of halogens is 1. The Bertz CT molecular complexity index is 4890. The largest absolute Gasteiger partial charge is 0.497 e. The second kappa shape index (κ2) is 17.3. The average Bonchev–Trinajstić information content (AvgIpc) is 3.89. The first-order valence-electron chi connectivity index (χ1n) is 22.9. The zero-order valence-corrected chi connectivity index (χ0v) is 44.1. The molecular weight excluding hydrogens is 1130 g/mol. The first-order chi connectivity index (χ1) is 37.2. The number of nitro groups is 2. The minimum Gasteiger partial charge on any atom is -0.497 e. The van der Waals surface area contributed by atoms with E-state index in [2.05, 4.69) is 0 Å². The highest BCUT2D eigenvalue weighted by Crippen LogP contribution is 2.63. The molecule has 79 heavy (non-hydrogen) atoms. The molecule has 4 N–H and O–H groups in total. The Morgan fingerprint density at radius 2 is 0.987 bits per heavy atom. The van der Waals surface area contributed by atoms with Gasteiger partial charge in [-0.05, 0) is 151 Å². The molecule has 7 aliphatic rings. The fraction of sp³-hybridized carbons (Fsp3) is 0.0370. The second-order valence-electron chi connectivity index (χ2n) is 18.5. The Balaban J connectivity index is 1.35. The molecule has 0 atom stereocenters. The van der Waals surface area contributed by atoms with Crippen LogP contribution in [0.4, 0.5) is 11.4 Å². The molecule has 9 aromatic rings. The molecule has 0 aliphatic heterocycles. The van der Waals surface area contributed by atoms with Gasteiger partial charge in [0, 0.05) is 45.0 Å². The number of fused-ring (bicyclic) bond motifs is 7. The van der Waals surface area contributed by atoms with E-state index in [1.807, 2.05) is 0 Å². The molecule has 0 saturated carbocycles. The van der Waals surface area contributed by atoms with Crippen molar-refractivity contribution in [3.05, 3.63) is 153 Å². The van der Waals surface area contributed by atoms with Crippen LogP contribution in [0.3, 0.4) is 0 Å². The minimum atomic E-state index is -5.47.